The Balaban J connectivity index is 3.12. The van der Waals surface area contributed by atoms with Gasteiger partial charge in [-0.1, -0.05) is 20.8 Å². The number of hydrogen-bond acceptors (Lipinski definition) is 2. The molecule has 0 spiro atoms. The van der Waals surface area contributed by atoms with Gasteiger partial charge in [0.05, 0.1) is 17.7 Å². The van der Waals surface area contributed by atoms with Gasteiger partial charge in [0.2, 0.25) is 0 Å². The highest BCUT2D eigenvalue weighted by molar-refractivity contribution is 5.79. The standard InChI is InChI=1S/C10H15N3O/c1-6-7(5-11)8(10(2,3)4)13-9(14)12-6/h8H,1-4H3,(H2,12,13,14). The maximum absolute atomic E-state index is 11.2. The van der Waals surface area contributed by atoms with Crippen molar-refractivity contribution >= 4 is 6.03 Å². The maximum Gasteiger partial charge on any atom is 0.319 e. The molecule has 1 aliphatic rings. The lowest BCUT2D eigenvalue weighted by Gasteiger charge is -2.34. The Bertz CT molecular complexity index is 330. The van der Waals surface area contributed by atoms with E-state index in [1.54, 1.807) is 6.92 Å². The molecule has 1 aliphatic heterocycles. The number of carbonyl (C=O) groups is 1. The van der Waals surface area contributed by atoms with Crippen LogP contribution < -0.4 is 10.6 Å². The van der Waals surface area contributed by atoms with E-state index < -0.39 is 0 Å². The number of nitrogens with one attached hydrogen (secondary N) is 2. The summed E-state index contributed by atoms with van der Waals surface area (Å²) in [6.45, 7) is 7.73. The second kappa shape index (κ2) is 3.33. The van der Waals surface area contributed by atoms with Gasteiger partial charge < -0.3 is 10.6 Å². The van der Waals surface area contributed by atoms with Gasteiger partial charge in [0.25, 0.3) is 0 Å². The average molecular weight is 193 g/mol. The molecule has 1 unspecified atom stereocenters. The van der Waals surface area contributed by atoms with Crippen LogP contribution in [-0.4, -0.2) is 12.1 Å². The summed E-state index contributed by atoms with van der Waals surface area (Å²) in [5.41, 5.74) is 1.11. The van der Waals surface area contributed by atoms with Gasteiger partial charge in [0.15, 0.2) is 0 Å². The molecule has 4 nitrogen and oxygen atoms in total. The zero-order chi connectivity index (χ0) is 10.9. The van der Waals surface area contributed by atoms with Crippen molar-refractivity contribution in [3.8, 4) is 6.07 Å². The Hall–Kier alpha value is -1.50. The Labute approximate surface area is 84.0 Å². The van der Waals surface area contributed by atoms with E-state index in [2.05, 4.69) is 16.7 Å². The van der Waals surface area contributed by atoms with Gasteiger partial charge in [-0.25, -0.2) is 4.79 Å². The van der Waals surface area contributed by atoms with Gasteiger partial charge in [0, 0.05) is 5.70 Å². The molecule has 1 rings (SSSR count). The first-order chi connectivity index (χ1) is 6.36. The summed E-state index contributed by atoms with van der Waals surface area (Å²) in [6.07, 6.45) is 0. The minimum Gasteiger partial charge on any atom is -0.330 e. The number of rotatable bonds is 0. The monoisotopic (exact) mass is 193 g/mol. The van der Waals surface area contributed by atoms with Crippen LogP contribution in [0.1, 0.15) is 27.7 Å². The van der Waals surface area contributed by atoms with Crippen molar-refractivity contribution in [1.29, 1.82) is 5.26 Å². The lowest BCUT2D eigenvalue weighted by atomic mass is 9.81. The molecule has 0 saturated carbocycles. The van der Waals surface area contributed by atoms with Gasteiger partial charge in [0.1, 0.15) is 0 Å². The third-order valence-electron chi connectivity index (χ3n) is 2.26. The third-order valence-corrected chi connectivity index (χ3v) is 2.26. The molecule has 0 saturated heterocycles. The Kier molecular flexibility index (Phi) is 2.52. The molecular weight excluding hydrogens is 178 g/mol. The molecule has 0 aromatic rings. The van der Waals surface area contributed by atoms with Crippen molar-refractivity contribution in [3.05, 3.63) is 11.3 Å². The van der Waals surface area contributed by atoms with Gasteiger partial charge >= 0.3 is 6.03 Å². The second-order valence-corrected chi connectivity index (χ2v) is 4.55. The zero-order valence-corrected chi connectivity index (χ0v) is 8.93. The fourth-order valence-electron chi connectivity index (χ4n) is 1.49. The highest BCUT2D eigenvalue weighted by Gasteiger charge is 2.34. The summed E-state index contributed by atoms with van der Waals surface area (Å²) in [6, 6.07) is 1.69. The predicted octanol–water partition coefficient (Wildman–Crippen LogP) is 1.51. The summed E-state index contributed by atoms with van der Waals surface area (Å²) in [5.74, 6) is 0. The molecule has 2 N–H and O–H groups in total. The first-order valence-electron chi connectivity index (χ1n) is 4.54. The van der Waals surface area contributed by atoms with Gasteiger partial charge in [-0.05, 0) is 12.3 Å². The van der Waals surface area contributed by atoms with Crippen LogP contribution in [0.15, 0.2) is 11.3 Å². The van der Waals surface area contributed by atoms with Crippen molar-refractivity contribution in [2.45, 2.75) is 33.7 Å². The van der Waals surface area contributed by atoms with Crippen molar-refractivity contribution in [2.24, 2.45) is 5.41 Å². The highest BCUT2D eigenvalue weighted by Crippen LogP contribution is 2.27. The molecule has 1 atom stereocenters. The van der Waals surface area contributed by atoms with Gasteiger partial charge in [-0.2, -0.15) is 5.26 Å². The number of hydrogen-bond donors (Lipinski definition) is 2. The SMILES string of the molecule is CC1=C(C#N)C(C(C)(C)C)NC(=O)N1. The minimum atomic E-state index is -0.235. The molecule has 2 amide bonds. The van der Waals surface area contributed by atoms with Crippen LogP contribution in [0.3, 0.4) is 0 Å². The van der Waals surface area contributed by atoms with Crippen LogP contribution in [0, 0.1) is 16.7 Å². The van der Waals surface area contributed by atoms with E-state index in [4.69, 9.17) is 5.26 Å². The number of amides is 2. The van der Waals surface area contributed by atoms with Crippen LogP contribution in [0.4, 0.5) is 4.79 Å². The number of urea groups is 1. The number of nitriles is 1. The smallest absolute Gasteiger partial charge is 0.319 e. The Morgan fingerprint density at radius 3 is 2.43 bits per heavy atom. The van der Waals surface area contributed by atoms with Crippen molar-refractivity contribution in [2.75, 3.05) is 0 Å². The molecule has 0 aromatic carbocycles. The van der Waals surface area contributed by atoms with Crippen LogP contribution in [0.5, 0.6) is 0 Å². The largest absolute Gasteiger partial charge is 0.330 e. The normalized spacial score (nSPS) is 22.5. The van der Waals surface area contributed by atoms with Crippen molar-refractivity contribution in [1.82, 2.24) is 10.6 Å². The summed E-state index contributed by atoms with van der Waals surface area (Å²) < 4.78 is 0. The van der Waals surface area contributed by atoms with E-state index >= 15 is 0 Å². The lowest BCUT2D eigenvalue weighted by Crippen LogP contribution is -2.53. The molecular formula is C10H15N3O. The molecule has 0 fully saturated rings. The highest BCUT2D eigenvalue weighted by atomic mass is 16.2. The lowest BCUT2D eigenvalue weighted by molar-refractivity contribution is 0.224. The number of nitrogens with zero attached hydrogens (tertiary/aromatic N) is 1. The predicted molar refractivity (Wildman–Crippen MR) is 53.2 cm³/mol. The molecule has 76 valence electrons. The first kappa shape index (κ1) is 10.6. The quantitative estimate of drug-likeness (QED) is 0.612. The van der Waals surface area contributed by atoms with Crippen molar-refractivity contribution in [3.63, 3.8) is 0 Å². The Morgan fingerprint density at radius 1 is 1.43 bits per heavy atom. The van der Waals surface area contributed by atoms with E-state index in [1.165, 1.54) is 0 Å². The van der Waals surface area contributed by atoms with E-state index in [0.29, 0.717) is 11.3 Å². The fraction of sp³-hybridized carbons (Fsp3) is 0.600. The number of allylic oxidation sites excluding steroid dienone is 1. The first-order valence-corrected chi connectivity index (χ1v) is 4.54. The Morgan fingerprint density at radius 2 is 2.00 bits per heavy atom. The van der Waals surface area contributed by atoms with Crippen LogP contribution in [-0.2, 0) is 0 Å². The van der Waals surface area contributed by atoms with Gasteiger partial charge in [-0.3, -0.25) is 0 Å². The van der Waals surface area contributed by atoms with Crippen LogP contribution in [0.25, 0.3) is 0 Å². The second-order valence-electron chi connectivity index (χ2n) is 4.55. The molecule has 0 bridgehead atoms. The molecule has 1 heterocycles. The fourth-order valence-corrected chi connectivity index (χ4v) is 1.49. The summed E-state index contributed by atoms with van der Waals surface area (Å²) >= 11 is 0. The molecule has 14 heavy (non-hydrogen) atoms. The summed E-state index contributed by atoms with van der Waals surface area (Å²) in [5, 5.41) is 14.3. The third kappa shape index (κ3) is 1.87. The summed E-state index contributed by atoms with van der Waals surface area (Å²) in [4.78, 5) is 11.2. The van der Waals surface area contributed by atoms with E-state index in [0.717, 1.165) is 0 Å². The zero-order valence-electron chi connectivity index (χ0n) is 8.93. The summed E-state index contributed by atoms with van der Waals surface area (Å²) in [7, 11) is 0. The van der Waals surface area contributed by atoms with Crippen LogP contribution in [0.2, 0.25) is 0 Å². The number of carbonyl (C=O) groups excluding carboxylic acids is 1. The molecule has 0 aliphatic carbocycles. The van der Waals surface area contributed by atoms with E-state index in [1.807, 2.05) is 20.8 Å². The van der Waals surface area contributed by atoms with E-state index in [9.17, 15) is 4.79 Å². The minimum absolute atomic E-state index is 0.149. The molecule has 0 radical (unpaired) electrons. The average Bonchev–Trinajstić information content (AvgIpc) is 2.01. The van der Waals surface area contributed by atoms with Crippen LogP contribution >= 0.6 is 0 Å². The van der Waals surface area contributed by atoms with Crippen molar-refractivity contribution < 1.29 is 4.79 Å². The topological polar surface area (TPSA) is 64.9 Å². The maximum atomic E-state index is 11.2. The van der Waals surface area contributed by atoms with Gasteiger partial charge in [-0.15, -0.1) is 0 Å². The molecule has 0 aromatic heterocycles. The van der Waals surface area contributed by atoms with E-state index in [-0.39, 0.29) is 17.5 Å². The molecule has 4 heteroatoms.